The minimum absolute atomic E-state index is 0. The highest BCUT2D eigenvalue weighted by Crippen LogP contribution is 2.36. The fraction of sp³-hybridized carbons (Fsp3) is 0.444. The highest BCUT2D eigenvalue weighted by atomic mass is 35.5. The largest absolute Gasteiger partial charge is 0.425 e. The van der Waals surface area contributed by atoms with Gasteiger partial charge < -0.3 is 4.90 Å². The van der Waals surface area contributed by atoms with E-state index in [1.165, 1.54) is 0 Å². The van der Waals surface area contributed by atoms with Gasteiger partial charge in [-0.15, -0.1) is 23.7 Å². The van der Waals surface area contributed by atoms with Gasteiger partial charge in [-0.1, -0.05) is 19.1 Å². The molecule has 0 unspecified atom stereocenters. The fourth-order valence-corrected chi connectivity index (χ4v) is 5.50. The minimum atomic E-state index is -4.55. The van der Waals surface area contributed by atoms with Crippen molar-refractivity contribution in [2.75, 3.05) is 24.4 Å². The van der Waals surface area contributed by atoms with Crippen molar-refractivity contribution in [1.82, 2.24) is 4.90 Å². The van der Waals surface area contributed by atoms with Gasteiger partial charge in [-0.3, -0.25) is 4.72 Å². The first kappa shape index (κ1) is 23.0. The third kappa shape index (κ3) is 5.40. The third-order valence-electron chi connectivity index (χ3n) is 4.57. The summed E-state index contributed by atoms with van der Waals surface area (Å²) in [4.78, 5) is 1.48. The topological polar surface area (TPSA) is 49.4 Å². The number of alkyl halides is 3. The molecular formula is C18H22ClF3N2O2S2. The number of sulfonamides is 1. The lowest BCUT2D eigenvalue weighted by molar-refractivity contribution is -0.134. The number of nitrogens with one attached hydrogen (secondary N) is 1. The Balaban J connectivity index is 0.00000280. The Labute approximate surface area is 173 Å². The van der Waals surface area contributed by atoms with Gasteiger partial charge in [-0.2, -0.15) is 13.2 Å². The molecule has 10 heteroatoms. The Morgan fingerprint density at radius 2 is 1.86 bits per heavy atom. The normalized spacial score (nSPS) is 18.1. The Bertz CT molecular complexity index is 883. The monoisotopic (exact) mass is 454 g/mol. The molecule has 2 heterocycles. The highest BCUT2D eigenvalue weighted by Gasteiger charge is 2.34. The second-order valence-corrected chi connectivity index (χ2v) is 9.62. The SMILES string of the molecule is CCCN1CC[C@@H](c2ccc(NS(=O)(=O)c3ccc(C(F)(F)F)s3)cc2)C1.Cl. The van der Waals surface area contributed by atoms with Gasteiger partial charge >= 0.3 is 6.18 Å². The van der Waals surface area contributed by atoms with Crippen molar-refractivity contribution in [3.63, 3.8) is 0 Å². The molecule has 2 aromatic rings. The highest BCUT2D eigenvalue weighted by molar-refractivity contribution is 7.94. The molecule has 1 fully saturated rings. The molecule has 1 atom stereocenters. The summed E-state index contributed by atoms with van der Waals surface area (Å²) in [5.41, 5.74) is 1.48. The van der Waals surface area contributed by atoms with E-state index in [1.807, 2.05) is 12.1 Å². The first-order chi connectivity index (χ1) is 12.7. The quantitative estimate of drug-likeness (QED) is 0.653. The van der Waals surface area contributed by atoms with Crippen LogP contribution in [-0.2, 0) is 16.2 Å². The summed E-state index contributed by atoms with van der Waals surface area (Å²) >= 11 is 0.213. The number of rotatable bonds is 6. The van der Waals surface area contributed by atoms with E-state index in [1.54, 1.807) is 12.1 Å². The minimum Gasteiger partial charge on any atom is -0.303 e. The van der Waals surface area contributed by atoms with Crippen molar-refractivity contribution in [3.8, 4) is 0 Å². The van der Waals surface area contributed by atoms with Crippen molar-refractivity contribution in [3.05, 3.63) is 46.8 Å². The van der Waals surface area contributed by atoms with Gasteiger partial charge in [0.1, 0.15) is 9.09 Å². The Morgan fingerprint density at radius 1 is 1.18 bits per heavy atom. The molecule has 1 aliphatic heterocycles. The van der Waals surface area contributed by atoms with Crippen molar-refractivity contribution in [2.45, 2.75) is 36.1 Å². The van der Waals surface area contributed by atoms with Gasteiger partial charge in [0, 0.05) is 12.2 Å². The van der Waals surface area contributed by atoms with Crippen LogP contribution in [-0.4, -0.2) is 33.0 Å². The summed E-state index contributed by atoms with van der Waals surface area (Å²) in [6.45, 7) is 5.29. The smallest absolute Gasteiger partial charge is 0.303 e. The van der Waals surface area contributed by atoms with E-state index < -0.39 is 21.1 Å². The van der Waals surface area contributed by atoms with E-state index in [9.17, 15) is 21.6 Å². The summed E-state index contributed by atoms with van der Waals surface area (Å²) in [5.74, 6) is 0.425. The van der Waals surface area contributed by atoms with Crippen LogP contribution in [0.3, 0.4) is 0 Å². The molecule has 1 saturated heterocycles. The van der Waals surface area contributed by atoms with Crippen LogP contribution in [0.15, 0.2) is 40.6 Å². The van der Waals surface area contributed by atoms with Crippen molar-refractivity contribution in [1.29, 1.82) is 0 Å². The Kier molecular flexibility index (Phi) is 7.41. The number of thiophene rings is 1. The molecule has 0 radical (unpaired) electrons. The summed E-state index contributed by atoms with van der Waals surface area (Å²) in [6.07, 6.45) is -2.36. The molecule has 0 bridgehead atoms. The number of hydrogen-bond donors (Lipinski definition) is 1. The first-order valence-corrected chi connectivity index (χ1v) is 11.0. The standard InChI is InChI=1S/C18H21F3N2O2S2.ClH/c1-2-10-23-11-9-14(12-23)13-3-5-15(6-4-13)22-27(24,25)17-8-7-16(26-17)18(19,20)21;/h3-8,14,22H,2,9-12H2,1H3;1H/t14-;/m1./s1. The van der Waals surface area contributed by atoms with E-state index in [-0.39, 0.29) is 28.0 Å². The lowest BCUT2D eigenvalue weighted by Gasteiger charge is -2.15. The molecule has 1 aliphatic rings. The molecule has 1 aromatic heterocycles. The summed E-state index contributed by atoms with van der Waals surface area (Å²) in [7, 11) is -4.04. The number of halogens is 4. The zero-order valence-corrected chi connectivity index (χ0v) is 17.6. The number of likely N-dealkylation sites (tertiary alicyclic amines) is 1. The summed E-state index contributed by atoms with van der Waals surface area (Å²) in [6, 6.07) is 8.85. The Hall–Kier alpha value is -1.29. The van der Waals surface area contributed by atoms with Crippen LogP contribution in [0.2, 0.25) is 0 Å². The molecule has 0 spiro atoms. The summed E-state index contributed by atoms with van der Waals surface area (Å²) in [5, 5.41) is 0. The average molecular weight is 455 g/mol. The molecule has 1 aromatic carbocycles. The Morgan fingerprint density at radius 3 is 2.43 bits per heavy atom. The second-order valence-electron chi connectivity index (χ2n) is 6.63. The van der Waals surface area contributed by atoms with Crippen LogP contribution >= 0.6 is 23.7 Å². The van der Waals surface area contributed by atoms with Crippen LogP contribution in [0.25, 0.3) is 0 Å². The molecule has 4 nitrogen and oxygen atoms in total. The molecular weight excluding hydrogens is 433 g/mol. The zero-order valence-electron chi connectivity index (χ0n) is 15.2. The molecule has 0 amide bonds. The van der Waals surface area contributed by atoms with Gasteiger partial charge in [0.2, 0.25) is 0 Å². The van der Waals surface area contributed by atoms with Crippen LogP contribution in [0, 0.1) is 0 Å². The van der Waals surface area contributed by atoms with E-state index in [4.69, 9.17) is 0 Å². The van der Waals surface area contributed by atoms with Gasteiger partial charge in [0.05, 0.1) is 0 Å². The van der Waals surface area contributed by atoms with Gasteiger partial charge in [-0.05, 0) is 61.7 Å². The van der Waals surface area contributed by atoms with Gasteiger partial charge in [-0.25, -0.2) is 8.42 Å². The summed E-state index contributed by atoms with van der Waals surface area (Å²) < 4.78 is 64.7. The van der Waals surface area contributed by atoms with Gasteiger partial charge in [0.15, 0.2) is 0 Å². The number of anilines is 1. The van der Waals surface area contributed by atoms with Crippen LogP contribution in [0.4, 0.5) is 18.9 Å². The van der Waals surface area contributed by atoms with E-state index in [0.717, 1.165) is 50.2 Å². The van der Waals surface area contributed by atoms with E-state index >= 15 is 0 Å². The lowest BCUT2D eigenvalue weighted by atomic mass is 9.98. The van der Waals surface area contributed by atoms with Crippen LogP contribution in [0.1, 0.15) is 36.1 Å². The predicted octanol–water partition coefficient (Wildman–Crippen LogP) is 5.19. The maximum Gasteiger partial charge on any atom is 0.425 e. The fourth-order valence-electron chi connectivity index (χ4n) is 3.27. The third-order valence-corrected chi connectivity index (χ3v) is 7.58. The molecule has 156 valence electrons. The molecule has 3 rings (SSSR count). The molecule has 1 N–H and O–H groups in total. The number of nitrogens with zero attached hydrogens (tertiary/aromatic N) is 1. The zero-order chi connectivity index (χ0) is 19.7. The van der Waals surface area contributed by atoms with E-state index in [0.29, 0.717) is 11.6 Å². The lowest BCUT2D eigenvalue weighted by Crippen LogP contribution is -2.20. The first-order valence-electron chi connectivity index (χ1n) is 8.71. The van der Waals surface area contributed by atoms with Gasteiger partial charge in [0.25, 0.3) is 10.0 Å². The van der Waals surface area contributed by atoms with Crippen molar-refractivity contribution in [2.24, 2.45) is 0 Å². The molecule has 0 aliphatic carbocycles. The maximum absolute atomic E-state index is 12.7. The second kappa shape index (κ2) is 9.02. The number of benzene rings is 1. The van der Waals surface area contributed by atoms with E-state index in [2.05, 4.69) is 16.5 Å². The average Bonchev–Trinajstić information content (AvgIpc) is 3.25. The molecule has 0 saturated carbocycles. The molecule has 28 heavy (non-hydrogen) atoms. The van der Waals surface area contributed by atoms with Crippen LogP contribution in [0.5, 0.6) is 0 Å². The van der Waals surface area contributed by atoms with Crippen molar-refractivity contribution >= 4 is 39.5 Å². The van der Waals surface area contributed by atoms with Crippen LogP contribution < -0.4 is 4.72 Å². The van der Waals surface area contributed by atoms with Crippen molar-refractivity contribution < 1.29 is 21.6 Å². The predicted molar refractivity (Wildman–Crippen MR) is 108 cm³/mol. The number of hydrogen-bond acceptors (Lipinski definition) is 4. The maximum atomic E-state index is 12.7.